The van der Waals surface area contributed by atoms with Crippen molar-refractivity contribution in [2.75, 3.05) is 0 Å². The highest BCUT2D eigenvalue weighted by molar-refractivity contribution is 5.40. The summed E-state index contributed by atoms with van der Waals surface area (Å²) in [4.78, 5) is 25.6. The van der Waals surface area contributed by atoms with Crippen LogP contribution in [0.15, 0.2) is 64.2 Å². The molecule has 0 aliphatic rings. The molecule has 0 amide bonds. The molecular formula is C24H28N2O3. The van der Waals surface area contributed by atoms with E-state index in [1.165, 1.54) is 0 Å². The number of nitrogens with zero attached hydrogens (tertiary/aromatic N) is 2. The van der Waals surface area contributed by atoms with Gasteiger partial charge in [-0.15, -0.1) is 0 Å². The summed E-state index contributed by atoms with van der Waals surface area (Å²) < 4.78 is 2.24. The van der Waals surface area contributed by atoms with E-state index in [0.29, 0.717) is 23.2 Å². The number of hydrogen-bond acceptors (Lipinski definition) is 3. The number of rotatable bonds is 6. The average Bonchev–Trinajstić information content (AvgIpc) is 2.63. The summed E-state index contributed by atoms with van der Waals surface area (Å²) >= 11 is 0. The average molecular weight is 392 g/mol. The van der Waals surface area contributed by atoms with E-state index in [9.17, 15) is 14.7 Å². The molecule has 1 aromatic heterocycles. The molecule has 0 unspecified atom stereocenters. The molecule has 0 aliphatic heterocycles. The van der Waals surface area contributed by atoms with E-state index >= 15 is 0 Å². The van der Waals surface area contributed by atoms with Gasteiger partial charge in [-0.25, -0.2) is 13.9 Å². The van der Waals surface area contributed by atoms with E-state index in [0.717, 1.165) is 39.2 Å². The van der Waals surface area contributed by atoms with Crippen molar-refractivity contribution in [1.29, 1.82) is 0 Å². The van der Waals surface area contributed by atoms with Crippen molar-refractivity contribution in [2.45, 2.75) is 40.5 Å². The Morgan fingerprint density at radius 1 is 0.724 bits per heavy atom. The van der Waals surface area contributed by atoms with E-state index < -0.39 is 11.2 Å². The molecule has 0 saturated carbocycles. The fourth-order valence-corrected chi connectivity index (χ4v) is 3.52. The Bertz CT molecular complexity index is 1090. The predicted octanol–water partition coefficient (Wildman–Crippen LogP) is 4.09. The molecule has 1 heterocycles. The van der Waals surface area contributed by atoms with Crippen molar-refractivity contribution in [2.24, 2.45) is 11.8 Å². The van der Waals surface area contributed by atoms with Crippen LogP contribution in [-0.2, 0) is 12.8 Å². The summed E-state index contributed by atoms with van der Waals surface area (Å²) in [5, 5.41) is 10.3. The summed E-state index contributed by atoms with van der Waals surface area (Å²) in [6, 6.07) is 15.9. The molecule has 0 atom stereocenters. The van der Waals surface area contributed by atoms with Crippen LogP contribution in [0, 0.1) is 11.8 Å². The van der Waals surface area contributed by atoms with Crippen molar-refractivity contribution >= 4 is 0 Å². The topological polar surface area (TPSA) is 64.2 Å². The molecule has 0 bridgehead atoms. The van der Waals surface area contributed by atoms with Crippen LogP contribution in [0.25, 0.3) is 11.4 Å². The molecule has 29 heavy (non-hydrogen) atoms. The highest BCUT2D eigenvalue weighted by Crippen LogP contribution is 2.17. The fraction of sp³-hybridized carbons (Fsp3) is 0.333. The molecular weight excluding hydrogens is 364 g/mol. The van der Waals surface area contributed by atoms with Gasteiger partial charge in [0.1, 0.15) is 0 Å². The first-order chi connectivity index (χ1) is 13.8. The summed E-state index contributed by atoms with van der Waals surface area (Å²) in [6.07, 6.45) is 1.86. The molecule has 2 aromatic carbocycles. The second-order valence-corrected chi connectivity index (χ2v) is 8.32. The highest BCUT2D eigenvalue weighted by Gasteiger charge is 2.14. The van der Waals surface area contributed by atoms with Gasteiger partial charge < -0.3 is 5.11 Å². The Labute approximate surface area is 170 Å². The Balaban J connectivity index is 2.05. The SMILES string of the molecule is CC(C)Cc1ccc(-n2c(O)cc(=O)n(-c3ccc(CC(C)C)cc3)c2=O)cc1. The lowest BCUT2D eigenvalue weighted by molar-refractivity contribution is 0.428. The van der Waals surface area contributed by atoms with Crippen LogP contribution in [0.5, 0.6) is 5.88 Å². The number of aromatic nitrogens is 2. The molecule has 0 aliphatic carbocycles. The second kappa shape index (κ2) is 8.52. The number of aromatic hydroxyl groups is 1. The van der Waals surface area contributed by atoms with E-state index in [2.05, 4.69) is 27.7 Å². The smallest absolute Gasteiger partial charge is 0.343 e. The van der Waals surface area contributed by atoms with Gasteiger partial charge in [0.2, 0.25) is 5.88 Å². The lowest BCUT2D eigenvalue weighted by Crippen LogP contribution is -2.37. The Morgan fingerprint density at radius 2 is 1.14 bits per heavy atom. The largest absolute Gasteiger partial charge is 0.494 e. The molecule has 0 radical (unpaired) electrons. The van der Waals surface area contributed by atoms with Gasteiger partial charge in [0, 0.05) is 0 Å². The van der Waals surface area contributed by atoms with Gasteiger partial charge in [-0.05, 0) is 60.1 Å². The maximum absolute atomic E-state index is 13.1. The Morgan fingerprint density at radius 3 is 1.55 bits per heavy atom. The Kier molecular flexibility index (Phi) is 6.06. The highest BCUT2D eigenvalue weighted by atomic mass is 16.3. The molecule has 152 valence electrons. The van der Waals surface area contributed by atoms with E-state index in [1.54, 1.807) is 24.3 Å². The van der Waals surface area contributed by atoms with Gasteiger partial charge >= 0.3 is 5.69 Å². The fourth-order valence-electron chi connectivity index (χ4n) is 3.52. The summed E-state index contributed by atoms with van der Waals surface area (Å²) in [5.41, 5.74) is 2.16. The van der Waals surface area contributed by atoms with Crippen LogP contribution in [0.2, 0.25) is 0 Å². The minimum absolute atomic E-state index is 0.371. The Hall–Kier alpha value is -3.08. The maximum atomic E-state index is 13.1. The van der Waals surface area contributed by atoms with Gasteiger partial charge in [0.15, 0.2) is 0 Å². The zero-order chi connectivity index (χ0) is 21.1. The van der Waals surface area contributed by atoms with Crippen LogP contribution >= 0.6 is 0 Å². The first-order valence-corrected chi connectivity index (χ1v) is 10.0. The molecule has 1 N–H and O–H groups in total. The van der Waals surface area contributed by atoms with Crippen molar-refractivity contribution in [1.82, 2.24) is 9.13 Å². The van der Waals surface area contributed by atoms with Gasteiger partial charge in [0.25, 0.3) is 5.56 Å². The van der Waals surface area contributed by atoms with Crippen LogP contribution in [-0.4, -0.2) is 14.2 Å². The molecule has 3 rings (SSSR count). The molecule has 5 heteroatoms. The van der Waals surface area contributed by atoms with Crippen LogP contribution in [0.3, 0.4) is 0 Å². The van der Waals surface area contributed by atoms with Crippen molar-refractivity contribution in [3.8, 4) is 17.3 Å². The molecule has 0 saturated heterocycles. The van der Waals surface area contributed by atoms with Crippen molar-refractivity contribution < 1.29 is 5.11 Å². The molecule has 0 spiro atoms. The third-order valence-electron chi connectivity index (χ3n) is 4.76. The number of hydrogen-bond donors (Lipinski definition) is 1. The number of benzene rings is 2. The monoisotopic (exact) mass is 392 g/mol. The second-order valence-electron chi connectivity index (χ2n) is 8.32. The summed E-state index contributed by atoms with van der Waals surface area (Å²) in [6.45, 7) is 8.58. The lowest BCUT2D eigenvalue weighted by atomic mass is 10.0. The summed E-state index contributed by atoms with van der Waals surface area (Å²) in [7, 11) is 0. The van der Waals surface area contributed by atoms with Crippen LogP contribution < -0.4 is 11.2 Å². The van der Waals surface area contributed by atoms with Crippen molar-refractivity contribution in [3.05, 3.63) is 86.6 Å². The zero-order valence-corrected chi connectivity index (χ0v) is 17.4. The van der Waals surface area contributed by atoms with E-state index in [-0.39, 0.29) is 5.88 Å². The minimum atomic E-state index is -0.594. The van der Waals surface area contributed by atoms with E-state index in [1.807, 2.05) is 24.3 Å². The maximum Gasteiger partial charge on any atom is 0.343 e. The minimum Gasteiger partial charge on any atom is -0.494 e. The van der Waals surface area contributed by atoms with Crippen LogP contribution in [0.4, 0.5) is 0 Å². The quantitative estimate of drug-likeness (QED) is 0.687. The molecule has 0 fully saturated rings. The zero-order valence-electron chi connectivity index (χ0n) is 17.4. The first-order valence-electron chi connectivity index (χ1n) is 10.0. The predicted molar refractivity (Wildman–Crippen MR) is 116 cm³/mol. The van der Waals surface area contributed by atoms with Crippen LogP contribution in [0.1, 0.15) is 38.8 Å². The summed E-state index contributed by atoms with van der Waals surface area (Å²) in [5.74, 6) is 0.676. The third-order valence-corrected chi connectivity index (χ3v) is 4.76. The van der Waals surface area contributed by atoms with Gasteiger partial charge in [-0.3, -0.25) is 4.79 Å². The molecule has 3 aromatic rings. The normalized spacial score (nSPS) is 11.4. The lowest BCUT2D eigenvalue weighted by Gasteiger charge is -2.13. The first kappa shape index (κ1) is 20.6. The third kappa shape index (κ3) is 4.67. The standard InChI is InChI=1S/C24H28N2O3/c1-16(2)13-18-5-9-20(10-6-18)25-22(27)15-23(28)26(24(25)29)21-11-7-19(8-12-21)14-17(3)4/h5-12,15-17,27H,13-14H2,1-4H3. The molecule has 5 nitrogen and oxygen atoms in total. The van der Waals surface area contributed by atoms with E-state index in [4.69, 9.17) is 0 Å². The van der Waals surface area contributed by atoms with Gasteiger partial charge in [0.05, 0.1) is 17.4 Å². The van der Waals surface area contributed by atoms with Gasteiger partial charge in [-0.2, -0.15) is 0 Å². The van der Waals surface area contributed by atoms with Gasteiger partial charge in [-0.1, -0.05) is 52.0 Å². The van der Waals surface area contributed by atoms with Crippen molar-refractivity contribution in [3.63, 3.8) is 0 Å².